The van der Waals surface area contributed by atoms with E-state index < -0.39 is 47.6 Å². The molecule has 0 bridgehead atoms. The number of hydrogen-bond acceptors (Lipinski definition) is 7. The summed E-state index contributed by atoms with van der Waals surface area (Å²) in [7, 11) is 0. The Morgan fingerprint density at radius 2 is 1.38 bits per heavy atom. The highest BCUT2D eigenvalue weighted by Crippen LogP contribution is 2.45. The van der Waals surface area contributed by atoms with E-state index >= 15 is 0 Å². The summed E-state index contributed by atoms with van der Waals surface area (Å²) in [4.78, 5) is 0. The molecule has 1 fully saturated rings. The van der Waals surface area contributed by atoms with Crippen molar-refractivity contribution >= 4 is 0 Å². The molecule has 258 valence electrons. The maximum absolute atomic E-state index is 14.3. The SMILES string of the molecule is CC1=C[C@]2(OC1)O[C@H](COCc1ccccc1)[C@H](OCc1ccccc1)[C@H](n1cc(-c3cc(F)c(F)c(F)c3)nn1)[C@H]2OCc1ccccc1. The molecule has 2 aliphatic heterocycles. The number of ether oxygens (including phenoxy) is 5. The monoisotopic (exact) mass is 683 g/mol. The third-order valence-electron chi connectivity index (χ3n) is 8.77. The van der Waals surface area contributed by atoms with Crippen molar-refractivity contribution in [3.8, 4) is 11.3 Å². The van der Waals surface area contributed by atoms with Crippen LogP contribution in [0.5, 0.6) is 0 Å². The average Bonchev–Trinajstić information content (AvgIpc) is 3.78. The molecule has 1 spiro atoms. The number of hydrogen-bond donors (Lipinski definition) is 0. The van der Waals surface area contributed by atoms with Crippen LogP contribution < -0.4 is 0 Å². The predicted octanol–water partition coefficient (Wildman–Crippen LogP) is 7.36. The summed E-state index contributed by atoms with van der Waals surface area (Å²) in [5.41, 5.74) is 3.94. The van der Waals surface area contributed by atoms with E-state index in [0.717, 1.165) is 34.4 Å². The first-order chi connectivity index (χ1) is 24.4. The summed E-state index contributed by atoms with van der Waals surface area (Å²) in [6, 6.07) is 30.2. The van der Waals surface area contributed by atoms with E-state index in [9.17, 15) is 13.2 Å². The van der Waals surface area contributed by atoms with E-state index in [1.807, 2.05) is 104 Å². The van der Waals surface area contributed by atoms with Gasteiger partial charge in [-0.25, -0.2) is 17.9 Å². The highest BCUT2D eigenvalue weighted by Gasteiger charge is 2.59. The minimum absolute atomic E-state index is 0.0218. The van der Waals surface area contributed by atoms with Gasteiger partial charge in [-0.05, 0) is 47.4 Å². The van der Waals surface area contributed by atoms with Gasteiger partial charge in [-0.3, -0.25) is 0 Å². The van der Waals surface area contributed by atoms with Crippen LogP contribution in [-0.4, -0.2) is 52.3 Å². The molecule has 5 aromatic rings. The third kappa shape index (κ3) is 7.42. The number of nitrogens with zero attached hydrogens (tertiary/aromatic N) is 3. The van der Waals surface area contributed by atoms with E-state index in [4.69, 9.17) is 23.7 Å². The fourth-order valence-electron chi connectivity index (χ4n) is 6.38. The van der Waals surface area contributed by atoms with Crippen LogP contribution in [0.1, 0.15) is 29.7 Å². The number of benzene rings is 4. The minimum atomic E-state index is -1.56. The smallest absolute Gasteiger partial charge is 0.218 e. The number of rotatable bonds is 12. The Hall–Kier alpha value is -4.65. The van der Waals surface area contributed by atoms with E-state index in [1.54, 1.807) is 10.9 Å². The summed E-state index contributed by atoms with van der Waals surface area (Å²) in [6.45, 7) is 3.16. The van der Waals surface area contributed by atoms with Gasteiger partial charge in [0.05, 0.1) is 39.2 Å². The predicted molar refractivity (Wildman–Crippen MR) is 178 cm³/mol. The molecule has 1 saturated heterocycles. The second-order valence-electron chi connectivity index (χ2n) is 12.5. The second kappa shape index (κ2) is 15.1. The van der Waals surface area contributed by atoms with Crippen LogP contribution in [-0.2, 0) is 43.5 Å². The molecule has 8 nitrogen and oxygen atoms in total. The Kier molecular flexibility index (Phi) is 10.2. The van der Waals surface area contributed by atoms with E-state index in [1.165, 1.54) is 0 Å². The van der Waals surface area contributed by atoms with Crippen LogP contribution in [0.4, 0.5) is 13.2 Å². The van der Waals surface area contributed by atoms with Crippen LogP contribution in [0.15, 0.2) is 121 Å². The molecule has 7 rings (SSSR count). The Bertz CT molecular complexity index is 1890. The van der Waals surface area contributed by atoms with E-state index in [2.05, 4.69) is 10.3 Å². The molecule has 2 aliphatic rings. The van der Waals surface area contributed by atoms with Crippen LogP contribution in [0.3, 0.4) is 0 Å². The lowest BCUT2D eigenvalue weighted by atomic mass is 9.89. The van der Waals surface area contributed by atoms with Crippen molar-refractivity contribution in [3.63, 3.8) is 0 Å². The zero-order chi connectivity index (χ0) is 34.5. The number of aromatic nitrogens is 3. The molecule has 0 aliphatic carbocycles. The first-order valence-corrected chi connectivity index (χ1v) is 16.4. The standard InChI is InChI=1S/C39H36F3N3O5/c1-26-19-39(49-21-26)38(48-24-29-15-9-4-10-16-29)36(45-20-33(43-44-45)30-17-31(40)35(42)32(41)18-30)37(47-23-28-13-7-3-8-14-28)34(50-39)25-46-22-27-11-5-2-6-12-27/h2-20,34,36-38H,21-25H2,1H3/t34-,36+,37+,38-,39+/m1/s1. The molecular formula is C39H36F3N3O5. The molecule has 4 aromatic carbocycles. The minimum Gasteiger partial charge on any atom is -0.374 e. The molecular weight excluding hydrogens is 647 g/mol. The fraction of sp³-hybridized carbons (Fsp3) is 0.282. The van der Waals surface area contributed by atoms with Crippen LogP contribution in [0.25, 0.3) is 11.3 Å². The Morgan fingerprint density at radius 3 is 1.96 bits per heavy atom. The van der Waals surface area contributed by atoms with E-state index in [-0.39, 0.29) is 31.1 Å². The Labute approximate surface area is 288 Å². The van der Waals surface area contributed by atoms with Crippen molar-refractivity contribution in [1.82, 2.24) is 15.0 Å². The van der Waals surface area contributed by atoms with Crippen molar-refractivity contribution in [3.05, 3.63) is 155 Å². The van der Waals surface area contributed by atoms with Crippen molar-refractivity contribution in [2.45, 2.75) is 56.9 Å². The topological polar surface area (TPSA) is 76.9 Å². The maximum Gasteiger partial charge on any atom is 0.218 e. The lowest BCUT2D eigenvalue weighted by Gasteiger charge is -2.50. The molecule has 3 heterocycles. The van der Waals surface area contributed by atoms with Gasteiger partial charge in [-0.15, -0.1) is 5.10 Å². The van der Waals surface area contributed by atoms with Gasteiger partial charge < -0.3 is 23.7 Å². The molecule has 1 aromatic heterocycles. The van der Waals surface area contributed by atoms with Gasteiger partial charge in [0.1, 0.15) is 30.0 Å². The summed E-state index contributed by atoms with van der Waals surface area (Å²) >= 11 is 0. The highest BCUT2D eigenvalue weighted by atomic mass is 19.2. The maximum atomic E-state index is 14.3. The molecule has 0 saturated carbocycles. The van der Waals surface area contributed by atoms with E-state index in [0.29, 0.717) is 13.2 Å². The van der Waals surface area contributed by atoms with Crippen molar-refractivity contribution in [2.24, 2.45) is 0 Å². The average molecular weight is 684 g/mol. The quantitative estimate of drug-likeness (QED) is 0.101. The largest absolute Gasteiger partial charge is 0.374 e. The summed E-state index contributed by atoms with van der Waals surface area (Å²) in [5, 5.41) is 8.69. The molecule has 0 N–H and O–H groups in total. The molecule has 0 unspecified atom stereocenters. The number of halogens is 3. The van der Waals surface area contributed by atoms with Crippen molar-refractivity contribution in [2.75, 3.05) is 13.2 Å². The second-order valence-corrected chi connectivity index (χ2v) is 12.5. The highest BCUT2D eigenvalue weighted by molar-refractivity contribution is 5.58. The van der Waals surface area contributed by atoms with Crippen LogP contribution >= 0.6 is 0 Å². The Balaban J connectivity index is 1.30. The zero-order valence-corrected chi connectivity index (χ0v) is 27.3. The molecule has 50 heavy (non-hydrogen) atoms. The van der Waals surface area contributed by atoms with Gasteiger partial charge in [-0.2, -0.15) is 0 Å². The van der Waals surface area contributed by atoms with Gasteiger partial charge in [0, 0.05) is 5.56 Å². The van der Waals surface area contributed by atoms with Crippen molar-refractivity contribution in [1.29, 1.82) is 0 Å². The van der Waals surface area contributed by atoms with Gasteiger partial charge in [0.25, 0.3) is 0 Å². The normalized spacial score (nSPS) is 23.3. The summed E-state index contributed by atoms with van der Waals surface area (Å²) in [5.74, 6) is -5.58. The van der Waals surface area contributed by atoms with Gasteiger partial charge in [0.2, 0.25) is 5.79 Å². The van der Waals surface area contributed by atoms with Gasteiger partial charge >= 0.3 is 0 Å². The Morgan fingerprint density at radius 1 is 0.800 bits per heavy atom. The fourth-order valence-corrected chi connectivity index (χ4v) is 6.38. The summed E-state index contributed by atoms with van der Waals surface area (Å²) in [6.07, 6.45) is 1.17. The third-order valence-corrected chi connectivity index (χ3v) is 8.77. The molecule has 5 atom stereocenters. The van der Waals surface area contributed by atoms with Crippen LogP contribution in [0.2, 0.25) is 0 Å². The molecule has 11 heteroatoms. The van der Waals surface area contributed by atoms with Crippen molar-refractivity contribution < 1.29 is 36.9 Å². The molecule has 0 radical (unpaired) electrons. The first kappa shape index (κ1) is 33.8. The lowest BCUT2D eigenvalue weighted by Crippen LogP contribution is -2.63. The van der Waals surface area contributed by atoms with Gasteiger partial charge in [-0.1, -0.05) is 96.2 Å². The zero-order valence-electron chi connectivity index (χ0n) is 27.3. The first-order valence-electron chi connectivity index (χ1n) is 16.4. The lowest BCUT2D eigenvalue weighted by molar-refractivity contribution is -0.339. The summed E-state index contributed by atoms with van der Waals surface area (Å²) < 4.78 is 77.0. The molecule has 0 amide bonds. The van der Waals surface area contributed by atoms with Gasteiger partial charge in [0.15, 0.2) is 17.5 Å². The van der Waals surface area contributed by atoms with Crippen LogP contribution in [0, 0.1) is 17.5 Å².